The standard InChI is InChI=1S/C7H15NO/c1-3-4-5-7(8)6-9-2/h3,7H,1,4-6,8H2,2H3. The SMILES string of the molecule is C=CCCC(N)COC. The third-order valence-corrected chi connectivity index (χ3v) is 1.12. The lowest BCUT2D eigenvalue weighted by molar-refractivity contribution is 0.177. The van der Waals surface area contributed by atoms with Crippen molar-refractivity contribution in [3.63, 3.8) is 0 Å². The zero-order valence-electron chi connectivity index (χ0n) is 5.97. The molecule has 0 aliphatic carbocycles. The molecule has 0 saturated carbocycles. The van der Waals surface area contributed by atoms with Crippen LogP contribution in [0.25, 0.3) is 0 Å². The molecule has 54 valence electrons. The van der Waals surface area contributed by atoms with Crippen LogP contribution < -0.4 is 5.73 Å². The van der Waals surface area contributed by atoms with Gasteiger partial charge in [-0.25, -0.2) is 0 Å². The van der Waals surface area contributed by atoms with Crippen molar-refractivity contribution in [2.75, 3.05) is 13.7 Å². The van der Waals surface area contributed by atoms with Crippen LogP contribution >= 0.6 is 0 Å². The van der Waals surface area contributed by atoms with Gasteiger partial charge in [-0.05, 0) is 12.8 Å². The molecule has 0 aromatic rings. The first kappa shape index (κ1) is 8.66. The Morgan fingerprint density at radius 1 is 1.78 bits per heavy atom. The summed E-state index contributed by atoms with van der Waals surface area (Å²) in [5, 5.41) is 0. The van der Waals surface area contributed by atoms with Crippen LogP contribution in [0.15, 0.2) is 12.7 Å². The van der Waals surface area contributed by atoms with Crippen LogP contribution in [0, 0.1) is 0 Å². The zero-order valence-corrected chi connectivity index (χ0v) is 5.97. The van der Waals surface area contributed by atoms with Crippen LogP contribution in [-0.2, 0) is 4.74 Å². The molecule has 0 rings (SSSR count). The molecule has 1 unspecified atom stereocenters. The fourth-order valence-electron chi connectivity index (χ4n) is 0.629. The Bertz CT molecular complexity index is 73.3. The van der Waals surface area contributed by atoms with E-state index in [0.717, 1.165) is 12.8 Å². The Morgan fingerprint density at radius 2 is 2.44 bits per heavy atom. The van der Waals surface area contributed by atoms with Gasteiger partial charge in [-0.2, -0.15) is 0 Å². The molecule has 1 atom stereocenters. The van der Waals surface area contributed by atoms with Gasteiger partial charge in [0.25, 0.3) is 0 Å². The molecule has 0 aliphatic heterocycles. The first-order valence-electron chi connectivity index (χ1n) is 3.16. The number of nitrogens with two attached hydrogens (primary N) is 1. The fraction of sp³-hybridized carbons (Fsp3) is 0.714. The lowest BCUT2D eigenvalue weighted by Crippen LogP contribution is -2.24. The van der Waals surface area contributed by atoms with Crippen molar-refractivity contribution in [1.82, 2.24) is 0 Å². The summed E-state index contributed by atoms with van der Waals surface area (Å²) in [7, 11) is 1.66. The molecule has 0 saturated heterocycles. The molecule has 0 aromatic heterocycles. The average Bonchev–Trinajstić information content (AvgIpc) is 1.85. The third-order valence-electron chi connectivity index (χ3n) is 1.12. The molecule has 0 radical (unpaired) electrons. The summed E-state index contributed by atoms with van der Waals surface area (Å²) >= 11 is 0. The van der Waals surface area contributed by atoms with E-state index in [1.165, 1.54) is 0 Å². The van der Waals surface area contributed by atoms with Gasteiger partial charge < -0.3 is 10.5 Å². The smallest absolute Gasteiger partial charge is 0.0613 e. The molecular weight excluding hydrogens is 114 g/mol. The van der Waals surface area contributed by atoms with Gasteiger partial charge in [0, 0.05) is 13.2 Å². The highest BCUT2D eigenvalue weighted by Crippen LogP contribution is 1.93. The van der Waals surface area contributed by atoms with Crippen LogP contribution in [0.4, 0.5) is 0 Å². The van der Waals surface area contributed by atoms with Gasteiger partial charge >= 0.3 is 0 Å². The number of allylic oxidation sites excluding steroid dienone is 1. The van der Waals surface area contributed by atoms with Gasteiger partial charge in [0.1, 0.15) is 0 Å². The molecule has 0 heterocycles. The minimum absolute atomic E-state index is 0.174. The first-order valence-corrected chi connectivity index (χ1v) is 3.16. The predicted octanol–water partition coefficient (Wildman–Crippen LogP) is 0.926. The van der Waals surface area contributed by atoms with E-state index in [1.807, 2.05) is 6.08 Å². The highest BCUT2D eigenvalue weighted by Gasteiger charge is 1.97. The number of rotatable bonds is 5. The van der Waals surface area contributed by atoms with Gasteiger partial charge in [0.05, 0.1) is 6.61 Å². The number of hydrogen-bond acceptors (Lipinski definition) is 2. The second-order valence-corrected chi connectivity index (χ2v) is 2.08. The van der Waals surface area contributed by atoms with Gasteiger partial charge in [-0.15, -0.1) is 6.58 Å². The Balaban J connectivity index is 3.04. The van der Waals surface area contributed by atoms with Crippen molar-refractivity contribution in [3.05, 3.63) is 12.7 Å². The topological polar surface area (TPSA) is 35.2 Å². The van der Waals surface area contributed by atoms with E-state index in [0.29, 0.717) is 6.61 Å². The summed E-state index contributed by atoms with van der Waals surface area (Å²) in [5.41, 5.74) is 5.60. The lowest BCUT2D eigenvalue weighted by Gasteiger charge is -2.06. The first-order chi connectivity index (χ1) is 4.31. The van der Waals surface area contributed by atoms with Crippen molar-refractivity contribution in [2.24, 2.45) is 5.73 Å². The maximum absolute atomic E-state index is 5.60. The highest BCUT2D eigenvalue weighted by molar-refractivity contribution is 4.70. The largest absolute Gasteiger partial charge is 0.383 e. The molecule has 0 bridgehead atoms. The van der Waals surface area contributed by atoms with Crippen LogP contribution in [0.2, 0.25) is 0 Å². The van der Waals surface area contributed by atoms with Crippen LogP contribution in [0.1, 0.15) is 12.8 Å². The Hall–Kier alpha value is -0.340. The number of ether oxygens (including phenoxy) is 1. The molecule has 0 fully saturated rings. The molecule has 0 aliphatic rings. The maximum atomic E-state index is 5.60. The van der Waals surface area contributed by atoms with Crippen molar-refractivity contribution in [2.45, 2.75) is 18.9 Å². The summed E-state index contributed by atoms with van der Waals surface area (Å²) in [6.45, 7) is 4.24. The number of hydrogen-bond donors (Lipinski definition) is 1. The average molecular weight is 129 g/mol. The summed E-state index contributed by atoms with van der Waals surface area (Å²) in [6.07, 6.45) is 3.82. The number of methoxy groups -OCH3 is 1. The fourth-order valence-corrected chi connectivity index (χ4v) is 0.629. The molecule has 0 aromatic carbocycles. The summed E-state index contributed by atoms with van der Waals surface area (Å²) in [6, 6.07) is 0.174. The molecule has 2 nitrogen and oxygen atoms in total. The van der Waals surface area contributed by atoms with E-state index in [9.17, 15) is 0 Å². The zero-order chi connectivity index (χ0) is 7.11. The molecule has 9 heavy (non-hydrogen) atoms. The van der Waals surface area contributed by atoms with E-state index in [1.54, 1.807) is 7.11 Å². The van der Waals surface area contributed by atoms with Crippen molar-refractivity contribution in [1.29, 1.82) is 0 Å². The molecule has 0 amide bonds. The van der Waals surface area contributed by atoms with E-state index >= 15 is 0 Å². The second kappa shape index (κ2) is 5.79. The molecular formula is C7H15NO. The predicted molar refractivity (Wildman–Crippen MR) is 39.3 cm³/mol. The third kappa shape index (κ3) is 5.53. The molecule has 2 heteroatoms. The molecule has 2 N–H and O–H groups in total. The van der Waals surface area contributed by atoms with Gasteiger partial charge in [-0.1, -0.05) is 6.08 Å². The van der Waals surface area contributed by atoms with Crippen molar-refractivity contribution >= 4 is 0 Å². The van der Waals surface area contributed by atoms with Gasteiger partial charge in [-0.3, -0.25) is 0 Å². The second-order valence-electron chi connectivity index (χ2n) is 2.08. The quantitative estimate of drug-likeness (QED) is 0.560. The normalized spacial score (nSPS) is 13.1. The minimum atomic E-state index is 0.174. The van der Waals surface area contributed by atoms with Crippen LogP contribution in [0.3, 0.4) is 0 Å². The van der Waals surface area contributed by atoms with E-state index < -0.39 is 0 Å². The van der Waals surface area contributed by atoms with Crippen LogP contribution in [0.5, 0.6) is 0 Å². The Labute approximate surface area is 56.7 Å². The van der Waals surface area contributed by atoms with Gasteiger partial charge in [0.2, 0.25) is 0 Å². The Morgan fingerprint density at radius 3 is 2.89 bits per heavy atom. The minimum Gasteiger partial charge on any atom is -0.383 e. The highest BCUT2D eigenvalue weighted by atomic mass is 16.5. The van der Waals surface area contributed by atoms with E-state index in [2.05, 4.69) is 6.58 Å². The maximum Gasteiger partial charge on any atom is 0.0613 e. The van der Waals surface area contributed by atoms with E-state index in [4.69, 9.17) is 10.5 Å². The van der Waals surface area contributed by atoms with Crippen molar-refractivity contribution in [3.8, 4) is 0 Å². The Kier molecular flexibility index (Phi) is 5.57. The molecule has 0 spiro atoms. The van der Waals surface area contributed by atoms with Gasteiger partial charge in [0.15, 0.2) is 0 Å². The van der Waals surface area contributed by atoms with E-state index in [-0.39, 0.29) is 6.04 Å². The monoisotopic (exact) mass is 129 g/mol. The van der Waals surface area contributed by atoms with Crippen molar-refractivity contribution < 1.29 is 4.74 Å². The summed E-state index contributed by atoms with van der Waals surface area (Å²) < 4.78 is 4.84. The summed E-state index contributed by atoms with van der Waals surface area (Å²) in [4.78, 5) is 0. The van der Waals surface area contributed by atoms with Crippen LogP contribution in [-0.4, -0.2) is 19.8 Å². The lowest BCUT2D eigenvalue weighted by atomic mass is 10.2. The summed E-state index contributed by atoms with van der Waals surface area (Å²) in [5.74, 6) is 0.